The van der Waals surface area contributed by atoms with Gasteiger partial charge < -0.3 is 4.74 Å². The van der Waals surface area contributed by atoms with E-state index < -0.39 is 0 Å². The molecule has 0 amide bonds. The van der Waals surface area contributed by atoms with Gasteiger partial charge in [0.1, 0.15) is 5.75 Å². The zero-order chi connectivity index (χ0) is 12.5. The minimum atomic E-state index is 0.201. The van der Waals surface area contributed by atoms with Crippen LogP contribution in [0.4, 0.5) is 0 Å². The number of benzene rings is 2. The number of hydrogen-bond acceptors (Lipinski definition) is 1. The Morgan fingerprint density at radius 1 is 0.941 bits per heavy atom. The lowest BCUT2D eigenvalue weighted by atomic mass is 9.86. The Labute approximate surface area is 103 Å². The molecule has 1 nitrogen and oxygen atoms in total. The number of rotatable bonds is 2. The Bertz CT molecular complexity index is 521. The Kier molecular flexibility index (Phi) is 3.10. The van der Waals surface area contributed by atoms with Crippen molar-refractivity contribution < 1.29 is 4.74 Å². The summed E-state index contributed by atoms with van der Waals surface area (Å²) in [6.45, 7) is 9.44. The topological polar surface area (TPSA) is 9.23 Å². The van der Waals surface area contributed by atoms with Crippen molar-refractivity contribution in [2.24, 2.45) is 0 Å². The van der Waals surface area contributed by atoms with Crippen LogP contribution in [-0.2, 0) is 5.41 Å². The number of fused-ring (bicyclic) bond motifs is 1. The van der Waals surface area contributed by atoms with Gasteiger partial charge in [-0.2, -0.15) is 0 Å². The fourth-order valence-corrected chi connectivity index (χ4v) is 1.95. The molecule has 0 aliphatic carbocycles. The molecule has 0 bridgehead atoms. The molecule has 0 aliphatic heterocycles. The molecule has 1 heteroatoms. The minimum Gasteiger partial charge on any atom is -0.494 e. The number of hydrogen-bond donors (Lipinski definition) is 0. The van der Waals surface area contributed by atoms with E-state index in [0.717, 1.165) is 5.75 Å². The first kappa shape index (κ1) is 12.0. The highest BCUT2D eigenvalue weighted by Gasteiger charge is 2.13. The second-order valence-corrected chi connectivity index (χ2v) is 5.41. The average molecular weight is 228 g/mol. The van der Waals surface area contributed by atoms with E-state index in [-0.39, 0.29) is 5.41 Å². The summed E-state index contributed by atoms with van der Waals surface area (Å²) in [7, 11) is 0. The van der Waals surface area contributed by atoms with E-state index in [0.29, 0.717) is 6.61 Å². The summed E-state index contributed by atoms with van der Waals surface area (Å²) in [5.41, 5.74) is 1.57. The average Bonchev–Trinajstić information content (AvgIpc) is 2.27. The van der Waals surface area contributed by atoms with Crippen LogP contribution in [0.3, 0.4) is 0 Å². The van der Waals surface area contributed by atoms with Crippen molar-refractivity contribution >= 4 is 10.8 Å². The Balaban J connectivity index is 2.47. The largest absolute Gasteiger partial charge is 0.494 e. The van der Waals surface area contributed by atoms with Crippen molar-refractivity contribution in [3.05, 3.63) is 42.0 Å². The molecule has 0 saturated heterocycles. The van der Waals surface area contributed by atoms with E-state index >= 15 is 0 Å². The molecule has 2 aromatic rings. The second kappa shape index (κ2) is 4.40. The molecule has 0 N–H and O–H groups in total. The number of ether oxygens (including phenoxy) is 1. The first-order valence-corrected chi connectivity index (χ1v) is 6.18. The quantitative estimate of drug-likeness (QED) is 0.733. The molecule has 2 rings (SSSR count). The normalized spacial score (nSPS) is 11.8. The SMILES string of the molecule is CCOc1ccc2cc(C(C)(C)C)ccc2c1. The van der Waals surface area contributed by atoms with Crippen LogP contribution < -0.4 is 4.74 Å². The van der Waals surface area contributed by atoms with Crippen LogP contribution in [0, 0.1) is 0 Å². The van der Waals surface area contributed by atoms with Crippen LogP contribution in [0.5, 0.6) is 5.75 Å². The van der Waals surface area contributed by atoms with E-state index in [1.807, 2.05) is 13.0 Å². The van der Waals surface area contributed by atoms with Gasteiger partial charge in [0, 0.05) is 0 Å². The molecule has 0 radical (unpaired) electrons. The Morgan fingerprint density at radius 3 is 2.24 bits per heavy atom. The molecule has 0 fully saturated rings. The van der Waals surface area contributed by atoms with E-state index in [4.69, 9.17) is 4.74 Å². The summed E-state index contributed by atoms with van der Waals surface area (Å²) < 4.78 is 5.51. The van der Waals surface area contributed by atoms with Crippen LogP contribution in [-0.4, -0.2) is 6.61 Å². The minimum absolute atomic E-state index is 0.201. The molecule has 0 atom stereocenters. The third-order valence-electron chi connectivity index (χ3n) is 2.99. The summed E-state index contributed by atoms with van der Waals surface area (Å²) in [6, 6.07) is 12.9. The molecule has 90 valence electrons. The van der Waals surface area contributed by atoms with Gasteiger partial charge in [-0.1, -0.05) is 45.0 Å². The van der Waals surface area contributed by atoms with Crippen molar-refractivity contribution in [1.82, 2.24) is 0 Å². The molecule has 0 heterocycles. The molecule has 0 saturated carbocycles. The fourth-order valence-electron chi connectivity index (χ4n) is 1.95. The van der Waals surface area contributed by atoms with Crippen LogP contribution in [0.15, 0.2) is 36.4 Å². The van der Waals surface area contributed by atoms with Crippen molar-refractivity contribution in [3.63, 3.8) is 0 Å². The van der Waals surface area contributed by atoms with Crippen LogP contribution in [0.25, 0.3) is 10.8 Å². The summed E-state index contributed by atoms with van der Waals surface area (Å²) in [4.78, 5) is 0. The highest BCUT2D eigenvalue weighted by atomic mass is 16.5. The lowest BCUT2D eigenvalue weighted by molar-refractivity contribution is 0.341. The predicted octanol–water partition coefficient (Wildman–Crippen LogP) is 4.54. The maximum Gasteiger partial charge on any atom is 0.119 e. The summed E-state index contributed by atoms with van der Waals surface area (Å²) in [6.07, 6.45) is 0. The van der Waals surface area contributed by atoms with Gasteiger partial charge in [-0.05, 0) is 40.8 Å². The summed E-state index contributed by atoms with van der Waals surface area (Å²) >= 11 is 0. The maximum atomic E-state index is 5.51. The van der Waals surface area contributed by atoms with E-state index in [1.54, 1.807) is 0 Å². The molecule has 17 heavy (non-hydrogen) atoms. The molecule has 0 spiro atoms. The van der Waals surface area contributed by atoms with Crippen molar-refractivity contribution in [2.75, 3.05) is 6.61 Å². The van der Waals surface area contributed by atoms with Gasteiger partial charge in [-0.15, -0.1) is 0 Å². The van der Waals surface area contributed by atoms with Gasteiger partial charge in [0.15, 0.2) is 0 Å². The monoisotopic (exact) mass is 228 g/mol. The van der Waals surface area contributed by atoms with Gasteiger partial charge in [-0.25, -0.2) is 0 Å². The molecule has 0 unspecified atom stereocenters. The van der Waals surface area contributed by atoms with Crippen LogP contribution >= 0.6 is 0 Å². The maximum absolute atomic E-state index is 5.51. The lowest BCUT2D eigenvalue weighted by Crippen LogP contribution is -2.10. The first-order chi connectivity index (χ1) is 8.00. The van der Waals surface area contributed by atoms with Crippen molar-refractivity contribution in [1.29, 1.82) is 0 Å². The fraction of sp³-hybridized carbons (Fsp3) is 0.375. The van der Waals surface area contributed by atoms with Gasteiger partial charge in [0.2, 0.25) is 0 Å². The van der Waals surface area contributed by atoms with E-state index in [1.165, 1.54) is 16.3 Å². The molecular formula is C16H20O. The highest BCUT2D eigenvalue weighted by Crippen LogP contribution is 2.28. The lowest BCUT2D eigenvalue weighted by Gasteiger charge is -2.19. The van der Waals surface area contributed by atoms with Gasteiger partial charge in [0.25, 0.3) is 0 Å². The third kappa shape index (κ3) is 2.60. The zero-order valence-corrected chi connectivity index (χ0v) is 11.1. The van der Waals surface area contributed by atoms with E-state index in [2.05, 4.69) is 51.1 Å². The van der Waals surface area contributed by atoms with Crippen molar-refractivity contribution in [2.45, 2.75) is 33.1 Å². The second-order valence-electron chi connectivity index (χ2n) is 5.41. The van der Waals surface area contributed by atoms with Crippen LogP contribution in [0.1, 0.15) is 33.3 Å². The third-order valence-corrected chi connectivity index (χ3v) is 2.99. The smallest absolute Gasteiger partial charge is 0.119 e. The molecule has 0 aliphatic rings. The molecular weight excluding hydrogens is 208 g/mol. The molecule has 2 aromatic carbocycles. The van der Waals surface area contributed by atoms with Crippen LogP contribution in [0.2, 0.25) is 0 Å². The van der Waals surface area contributed by atoms with Gasteiger partial charge >= 0.3 is 0 Å². The Hall–Kier alpha value is -1.50. The summed E-state index contributed by atoms with van der Waals surface area (Å²) in [5, 5.41) is 2.52. The summed E-state index contributed by atoms with van der Waals surface area (Å²) in [5.74, 6) is 0.948. The molecule has 0 aromatic heterocycles. The Morgan fingerprint density at radius 2 is 1.59 bits per heavy atom. The van der Waals surface area contributed by atoms with Gasteiger partial charge in [-0.3, -0.25) is 0 Å². The zero-order valence-electron chi connectivity index (χ0n) is 11.1. The van der Waals surface area contributed by atoms with Gasteiger partial charge in [0.05, 0.1) is 6.61 Å². The first-order valence-electron chi connectivity index (χ1n) is 6.18. The standard InChI is InChI=1S/C16H20O/c1-5-17-15-9-7-12-10-14(16(2,3)4)8-6-13(12)11-15/h6-11H,5H2,1-4H3. The van der Waals surface area contributed by atoms with E-state index in [9.17, 15) is 0 Å². The predicted molar refractivity (Wildman–Crippen MR) is 73.8 cm³/mol. The highest BCUT2D eigenvalue weighted by molar-refractivity contribution is 5.84. The van der Waals surface area contributed by atoms with Crippen molar-refractivity contribution in [3.8, 4) is 5.75 Å².